The van der Waals surface area contributed by atoms with E-state index in [0.717, 1.165) is 9.37 Å². The Morgan fingerprint density at radius 1 is 1.04 bits per heavy atom. The van der Waals surface area contributed by atoms with Crippen LogP contribution >= 0.6 is 15.9 Å². The van der Waals surface area contributed by atoms with Crippen molar-refractivity contribution < 1.29 is 14.3 Å². The van der Waals surface area contributed by atoms with Crippen molar-refractivity contribution in [2.24, 2.45) is 0 Å². The summed E-state index contributed by atoms with van der Waals surface area (Å²) in [5.41, 5.74) is 1.84. The summed E-state index contributed by atoms with van der Waals surface area (Å²) >= 11 is 3.39. The smallest absolute Gasteiger partial charge is 0.277 e. The number of methoxy groups -OCH3 is 1. The minimum atomic E-state index is -0.374. The fourth-order valence-electron chi connectivity index (χ4n) is 2.57. The first kappa shape index (κ1) is 16.3. The number of nitrogens with one attached hydrogen (secondary N) is 1. The highest BCUT2D eigenvalue weighted by Crippen LogP contribution is 2.34. The van der Waals surface area contributed by atoms with Crippen molar-refractivity contribution in [1.82, 2.24) is 4.90 Å². The van der Waals surface area contributed by atoms with E-state index in [9.17, 15) is 9.59 Å². The van der Waals surface area contributed by atoms with Gasteiger partial charge in [-0.05, 0) is 24.3 Å². The number of hydrogen-bond acceptors (Lipinski definition) is 4. The van der Waals surface area contributed by atoms with Crippen LogP contribution < -0.4 is 10.1 Å². The number of amides is 2. The van der Waals surface area contributed by atoms with Gasteiger partial charge in [0.15, 0.2) is 0 Å². The van der Waals surface area contributed by atoms with Crippen LogP contribution in [-0.2, 0) is 9.59 Å². The van der Waals surface area contributed by atoms with E-state index in [2.05, 4.69) is 21.2 Å². The summed E-state index contributed by atoms with van der Waals surface area (Å²) in [6.45, 7) is 0. The summed E-state index contributed by atoms with van der Waals surface area (Å²) in [4.78, 5) is 26.2. The number of imide groups is 1. The first-order chi connectivity index (χ1) is 11.5. The lowest BCUT2D eigenvalue weighted by atomic mass is 10.0. The average Bonchev–Trinajstić information content (AvgIpc) is 2.79. The first-order valence-electron chi connectivity index (χ1n) is 7.25. The van der Waals surface area contributed by atoms with E-state index in [0.29, 0.717) is 22.6 Å². The summed E-state index contributed by atoms with van der Waals surface area (Å²) in [6, 6.07) is 14.5. The molecular formula is C18H15BrN2O3. The van der Waals surface area contributed by atoms with Crippen LogP contribution in [0.3, 0.4) is 0 Å². The Kier molecular flexibility index (Phi) is 4.40. The molecule has 1 aliphatic heterocycles. The molecule has 24 heavy (non-hydrogen) atoms. The minimum absolute atomic E-state index is 0.241. The third kappa shape index (κ3) is 2.80. The predicted octanol–water partition coefficient (Wildman–Crippen LogP) is 3.28. The van der Waals surface area contributed by atoms with Gasteiger partial charge in [-0.15, -0.1) is 0 Å². The van der Waals surface area contributed by atoms with Gasteiger partial charge in [-0.1, -0.05) is 40.2 Å². The number of ether oxygens (including phenoxy) is 1. The van der Waals surface area contributed by atoms with Crippen molar-refractivity contribution in [3.05, 3.63) is 64.3 Å². The third-order valence-corrected chi connectivity index (χ3v) is 4.25. The summed E-state index contributed by atoms with van der Waals surface area (Å²) < 4.78 is 6.22. The SMILES string of the molecule is COc1ccccc1C1=C(Nc2cccc(Br)c2)C(=O)N(C)C1=O. The zero-order chi connectivity index (χ0) is 17.3. The van der Waals surface area contributed by atoms with Crippen LogP contribution in [0.25, 0.3) is 5.57 Å². The molecule has 1 aliphatic rings. The molecule has 0 atom stereocenters. The number of benzene rings is 2. The van der Waals surface area contributed by atoms with Gasteiger partial charge in [-0.3, -0.25) is 14.5 Å². The average molecular weight is 387 g/mol. The maximum atomic E-state index is 12.6. The molecule has 0 aliphatic carbocycles. The van der Waals surface area contributed by atoms with Crippen LogP contribution in [0.4, 0.5) is 5.69 Å². The number of nitrogens with zero attached hydrogens (tertiary/aromatic N) is 1. The summed E-state index contributed by atoms with van der Waals surface area (Å²) in [6.07, 6.45) is 0. The summed E-state index contributed by atoms with van der Waals surface area (Å²) in [5, 5.41) is 3.07. The normalized spacial score (nSPS) is 14.4. The first-order valence-corrected chi connectivity index (χ1v) is 8.05. The van der Waals surface area contributed by atoms with Crippen LogP contribution in [0.2, 0.25) is 0 Å². The molecule has 0 fully saturated rings. The van der Waals surface area contributed by atoms with E-state index in [1.807, 2.05) is 30.3 Å². The quantitative estimate of drug-likeness (QED) is 0.819. The van der Waals surface area contributed by atoms with Gasteiger partial charge in [-0.25, -0.2) is 0 Å². The molecule has 122 valence electrons. The molecule has 0 saturated heterocycles. The van der Waals surface area contributed by atoms with Crippen LogP contribution in [-0.4, -0.2) is 30.9 Å². The molecule has 0 radical (unpaired) electrons. The topological polar surface area (TPSA) is 58.6 Å². The molecule has 1 N–H and O–H groups in total. The summed E-state index contributed by atoms with van der Waals surface area (Å²) in [5.74, 6) is -0.194. The Bertz CT molecular complexity index is 861. The fraction of sp³-hybridized carbons (Fsp3) is 0.111. The molecule has 1 heterocycles. The van der Waals surface area contributed by atoms with E-state index >= 15 is 0 Å². The number of anilines is 1. The number of para-hydroxylation sites is 1. The molecule has 2 amide bonds. The molecule has 0 saturated carbocycles. The van der Waals surface area contributed by atoms with Crippen molar-refractivity contribution in [3.63, 3.8) is 0 Å². The van der Waals surface area contributed by atoms with Gasteiger partial charge in [0, 0.05) is 22.8 Å². The van der Waals surface area contributed by atoms with E-state index in [1.54, 1.807) is 18.2 Å². The second-order valence-corrected chi connectivity index (χ2v) is 6.17. The molecule has 0 bridgehead atoms. The fourth-order valence-corrected chi connectivity index (χ4v) is 2.97. The van der Waals surface area contributed by atoms with Gasteiger partial charge in [-0.2, -0.15) is 0 Å². The Labute approximate surface area is 148 Å². The Morgan fingerprint density at radius 2 is 1.79 bits per heavy atom. The van der Waals surface area contributed by atoms with Gasteiger partial charge in [0.05, 0.1) is 12.7 Å². The highest BCUT2D eigenvalue weighted by molar-refractivity contribution is 9.10. The maximum Gasteiger partial charge on any atom is 0.277 e. The highest BCUT2D eigenvalue weighted by Gasteiger charge is 2.37. The number of hydrogen-bond donors (Lipinski definition) is 1. The number of carbonyl (C=O) groups excluding carboxylic acids is 2. The third-order valence-electron chi connectivity index (χ3n) is 3.76. The predicted molar refractivity (Wildman–Crippen MR) is 95.5 cm³/mol. The highest BCUT2D eigenvalue weighted by atomic mass is 79.9. The molecular weight excluding hydrogens is 372 g/mol. The lowest BCUT2D eigenvalue weighted by Gasteiger charge is -2.11. The van der Waals surface area contributed by atoms with E-state index in [4.69, 9.17) is 4.74 Å². The lowest BCUT2D eigenvalue weighted by Crippen LogP contribution is -2.27. The van der Waals surface area contributed by atoms with E-state index in [1.165, 1.54) is 14.2 Å². The Hall–Kier alpha value is -2.60. The second-order valence-electron chi connectivity index (χ2n) is 5.25. The largest absolute Gasteiger partial charge is 0.496 e. The lowest BCUT2D eigenvalue weighted by molar-refractivity contribution is -0.135. The molecule has 6 heteroatoms. The maximum absolute atomic E-state index is 12.6. The van der Waals surface area contributed by atoms with Gasteiger partial charge < -0.3 is 10.1 Å². The summed E-state index contributed by atoms with van der Waals surface area (Å²) in [7, 11) is 3.00. The van der Waals surface area contributed by atoms with Gasteiger partial charge in [0.1, 0.15) is 11.4 Å². The van der Waals surface area contributed by atoms with Crippen LogP contribution in [0.15, 0.2) is 58.7 Å². The number of halogens is 1. The van der Waals surface area contributed by atoms with Gasteiger partial charge in [0.2, 0.25) is 0 Å². The zero-order valence-corrected chi connectivity index (χ0v) is 14.8. The van der Waals surface area contributed by atoms with E-state index < -0.39 is 0 Å². The second kappa shape index (κ2) is 6.49. The van der Waals surface area contributed by atoms with Crippen LogP contribution in [0.1, 0.15) is 5.56 Å². The van der Waals surface area contributed by atoms with Gasteiger partial charge in [0.25, 0.3) is 11.8 Å². The molecule has 0 unspecified atom stereocenters. The Morgan fingerprint density at radius 3 is 2.50 bits per heavy atom. The molecule has 2 aromatic carbocycles. The number of carbonyl (C=O) groups is 2. The van der Waals surface area contributed by atoms with Crippen molar-refractivity contribution >= 4 is 39.0 Å². The monoisotopic (exact) mass is 386 g/mol. The van der Waals surface area contributed by atoms with Crippen LogP contribution in [0.5, 0.6) is 5.75 Å². The van der Waals surface area contributed by atoms with Crippen molar-refractivity contribution in [1.29, 1.82) is 0 Å². The number of likely N-dealkylation sites (N-methyl/N-ethyl adjacent to an activating group) is 1. The molecule has 2 aromatic rings. The Balaban J connectivity index is 2.14. The van der Waals surface area contributed by atoms with Crippen molar-refractivity contribution in [2.45, 2.75) is 0 Å². The number of rotatable bonds is 4. The van der Waals surface area contributed by atoms with Crippen molar-refractivity contribution in [2.75, 3.05) is 19.5 Å². The minimum Gasteiger partial charge on any atom is -0.496 e. The molecule has 3 rings (SSSR count). The molecule has 0 spiro atoms. The van der Waals surface area contributed by atoms with Crippen LogP contribution in [0, 0.1) is 0 Å². The van der Waals surface area contributed by atoms with E-state index in [-0.39, 0.29) is 17.5 Å². The standard InChI is InChI=1S/C18H15BrN2O3/c1-21-17(22)15(13-8-3-4-9-14(13)24-2)16(18(21)23)20-12-7-5-6-11(19)10-12/h3-10,20H,1-2H3. The molecule has 5 nitrogen and oxygen atoms in total. The van der Waals surface area contributed by atoms with Gasteiger partial charge >= 0.3 is 0 Å². The molecule has 0 aromatic heterocycles. The zero-order valence-electron chi connectivity index (χ0n) is 13.2. The van der Waals surface area contributed by atoms with Crippen molar-refractivity contribution in [3.8, 4) is 5.75 Å².